The van der Waals surface area contributed by atoms with Gasteiger partial charge in [0.2, 0.25) is 5.88 Å². The fourth-order valence-corrected chi connectivity index (χ4v) is 1.58. The number of rotatable bonds is 3. The summed E-state index contributed by atoms with van der Waals surface area (Å²) in [6.07, 6.45) is 2.78. The minimum absolute atomic E-state index is 0.823. The molecule has 0 aliphatic heterocycles. The first-order chi connectivity index (χ1) is 7.36. The van der Waals surface area contributed by atoms with Crippen LogP contribution in [0.2, 0.25) is 0 Å². The molecule has 0 atom stereocenters. The lowest BCUT2D eigenvalue weighted by Gasteiger charge is -2.06. The maximum atomic E-state index is 5.36. The van der Waals surface area contributed by atoms with E-state index in [-0.39, 0.29) is 0 Å². The summed E-state index contributed by atoms with van der Waals surface area (Å²) >= 11 is 0. The van der Waals surface area contributed by atoms with Crippen LogP contribution >= 0.6 is 0 Å². The van der Waals surface area contributed by atoms with Crippen molar-refractivity contribution in [3.8, 4) is 11.6 Å². The molecular formula is C12H14N2O. The Bertz CT molecular complexity index is 434. The molecule has 78 valence electrons. The molecule has 1 aromatic carbocycles. The molecule has 0 N–H and O–H groups in total. The van der Waals surface area contributed by atoms with Gasteiger partial charge in [0.25, 0.3) is 0 Å². The molecule has 2 aromatic rings. The van der Waals surface area contributed by atoms with Gasteiger partial charge in [0.05, 0.1) is 19.0 Å². The lowest BCUT2D eigenvalue weighted by atomic mass is 10.2. The largest absolute Gasteiger partial charge is 0.481 e. The maximum Gasteiger partial charge on any atom is 0.219 e. The van der Waals surface area contributed by atoms with Gasteiger partial charge in [-0.15, -0.1) is 0 Å². The van der Waals surface area contributed by atoms with Gasteiger partial charge in [0.15, 0.2) is 0 Å². The monoisotopic (exact) mass is 202 g/mol. The third-order valence-electron chi connectivity index (χ3n) is 2.37. The van der Waals surface area contributed by atoms with Crippen molar-refractivity contribution in [2.45, 2.75) is 13.3 Å². The number of aromatic nitrogens is 2. The molecule has 0 aliphatic rings. The lowest BCUT2D eigenvalue weighted by Crippen LogP contribution is -2.00. The van der Waals surface area contributed by atoms with Gasteiger partial charge in [-0.1, -0.05) is 25.1 Å². The van der Waals surface area contributed by atoms with Crippen molar-refractivity contribution in [2.24, 2.45) is 0 Å². The molecule has 3 heteroatoms. The molecule has 0 spiro atoms. The second kappa shape index (κ2) is 4.17. The van der Waals surface area contributed by atoms with E-state index in [0.717, 1.165) is 23.6 Å². The standard InChI is InChI=1S/C12H14N2O/c1-3-10-9-13-14(12(10)15-2)11-7-5-4-6-8-11/h4-9H,3H2,1-2H3. The summed E-state index contributed by atoms with van der Waals surface area (Å²) in [5, 5.41) is 4.32. The second-order valence-electron chi connectivity index (χ2n) is 3.28. The molecule has 0 aliphatic carbocycles. The van der Waals surface area contributed by atoms with Crippen LogP contribution in [0.25, 0.3) is 5.69 Å². The third kappa shape index (κ3) is 1.73. The van der Waals surface area contributed by atoms with Crippen LogP contribution < -0.4 is 4.74 Å². The molecule has 0 fully saturated rings. The molecule has 0 bridgehead atoms. The van der Waals surface area contributed by atoms with Gasteiger partial charge in [-0.3, -0.25) is 0 Å². The highest BCUT2D eigenvalue weighted by Crippen LogP contribution is 2.22. The van der Waals surface area contributed by atoms with Crippen molar-refractivity contribution in [3.63, 3.8) is 0 Å². The van der Waals surface area contributed by atoms with Gasteiger partial charge >= 0.3 is 0 Å². The summed E-state index contributed by atoms with van der Waals surface area (Å²) in [4.78, 5) is 0. The molecule has 0 unspecified atom stereocenters. The van der Waals surface area contributed by atoms with Crippen LogP contribution in [-0.4, -0.2) is 16.9 Å². The van der Waals surface area contributed by atoms with Gasteiger partial charge in [-0.25, -0.2) is 4.68 Å². The number of aryl methyl sites for hydroxylation is 1. The summed E-state index contributed by atoms with van der Waals surface area (Å²) in [7, 11) is 1.68. The Morgan fingerprint density at radius 3 is 2.60 bits per heavy atom. The fraction of sp³-hybridized carbons (Fsp3) is 0.250. The molecule has 1 aromatic heterocycles. The summed E-state index contributed by atoms with van der Waals surface area (Å²) in [5.74, 6) is 0.823. The first-order valence-electron chi connectivity index (χ1n) is 5.03. The predicted octanol–water partition coefficient (Wildman–Crippen LogP) is 2.44. The average molecular weight is 202 g/mol. The minimum Gasteiger partial charge on any atom is -0.481 e. The van der Waals surface area contributed by atoms with Crippen molar-refractivity contribution >= 4 is 0 Å². The van der Waals surface area contributed by atoms with Crippen molar-refractivity contribution < 1.29 is 4.74 Å². The number of hydrogen-bond donors (Lipinski definition) is 0. The Morgan fingerprint density at radius 2 is 2.00 bits per heavy atom. The minimum atomic E-state index is 0.823. The Labute approximate surface area is 89.3 Å². The molecule has 0 radical (unpaired) electrons. The highest BCUT2D eigenvalue weighted by molar-refractivity contribution is 5.38. The van der Waals surface area contributed by atoms with Gasteiger partial charge in [-0.2, -0.15) is 5.10 Å². The molecule has 3 nitrogen and oxygen atoms in total. The Hall–Kier alpha value is -1.77. The van der Waals surface area contributed by atoms with E-state index in [1.807, 2.05) is 41.2 Å². The van der Waals surface area contributed by atoms with E-state index >= 15 is 0 Å². The SMILES string of the molecule is CCc1cnn(-c2ccccc2)c1OC. The average Bonchev–Trinajstić information content (AvgIpc) is 2.72. The van der Waals surface area contributed by atoms with Crippen LogP contribution in [0.15, 0.2) is 36.5 Å². The van der Waals surface area contributed by atoms with Crippen LogP contribution in [0.1, 0.15) is 12.5 Å². The van der Waals surface area contributed by atoms with E-state index in [1.54, 1.807) is 7.11 Å². The van der Waals surface area contributed by atoms with Crippen LogP contribution in [0.5, 0.6) is 5.88 Å². The fourth-order valence-electron chi connectivity index (χ4n) is 1.58. The quantitative estimate of drug-likeness (QED) is 0.764. The molecule has 0 saturated heterocycles. The third-order valence-corrected chi connectivity index (χ3v) is 2.37. The van der Waals surface area contributed by atoms with Gasteiger partial charge < -0.3 is 4.74 Å². The molecule has 0 saturated carbocycles. The van der Waals surface area contributed by atoms with Crippen LogP contribution in [0.4, 0.5) is 0 Å². The zero-order chi connectivity index (χ0) is 10.7. The summed E-state index contributed by atoms with van der Waals surface area (Å²) in [6, 6.07) is 9.98. The summed E-state index contributed by atoms with van der Waals surface area (Å²) < 4.78 is 7.18. The zero-order valence-electron chi connectivity index (χ0n) is 8.97. The number of para-hydroxylation sites is 1. The smallest absolute Gasteiger partial charge is 0.219 e. The van der Waals surface area contributed by atoms with E-state index < -0.39 is 0 Å². The van der Waals surface area contributed by atoms with Gasteiger partial charge in [0.1, 0.15) is 0 Å². The van der Waals surface area contributed by atoms with E-state index in [1.165, 1.54) is 0 Å². The van der Waals surface area contributed by atoms with Crippen molar-refractivity contribution in [3.05, 3.63) is 42.1 Å². The number of nitrogens with zero attached hydrogens (tertiary/aromatic N) is 2. The number of ether oxygens (including phenoxy) is 1. The Kier molecular flexibility index (Phi) is 2.72. The van der Waals surface area contributed by atoms with Gasteiger partial charge in [-0.05, 0) is 18.6 Å². The van der Waals surface area contributed by atoms with E-state index in [0.29, 0.717) is 0 Å². The van der Waals surface area contributed by atoms with Crippen molar-refractivity contribution in [1.82, 2.24) is 9.78 Å². The summed E-state index contributed by atoms with van der Waals surface area (Å²) in [5.41, 5.74) is 2.15. The molecule has 15 heavy (non-hydrogen) atoms. The van der Waals surface area contributed by atoms with Gasteiger partial charge in [0, 0.05) is 5.56 Å². The second-order valence-corrected chi connectivity index (χ2v) is 3.28. The first-order valence-corrected chi connectivity index (χ1v) is 5.03. The lowest BCUT2D eigenvalue weighted by molar-refractivity contribution is 0.379. The topological polar surface area (TPSA) is 27.1 Å². The van der Waals surface area contributed by atoms with Crippen LogP contribution in [0.3, 0.4) is 0 Å². The molecular weight excluding hydrogens is 188 g/mol. The zero-order valence-corrected chi connectivity index (χ0v) is 8.97. The number of hydrogen-bond acceptors (Lipinski definition) is 2. The first kappa shape index (κ1) is 9.77. The maximum absolute atomic E-state index is 5.36. The van der Waals surface area contributed by atoms with Crippen LogP contribution in [-0.2, 0) is 6.42 Å². The molecule has 1 heterocycles. The van der Waals surface area contributed by atoms with E-state index in [9.17, 15) is 0 Å². The molecule has 2 rings (SSSR count). The number of methoxy groups -OCH3 is 1. The summed E-state index contributed by atoms with van der Waals surface area (Å²) in [6.45, 7) is 2.09. The Balaban J connectivity index is 2.49. The number of benzene rings is 1. The highest BCUT2D eigenvalue weighted by atomic mass is 16.5. The normalized spacial score (nSPS) is 10.3. The Morgan fingerprint density at radius 1 is 1.27 bits per heavy atom. The van der Waals surface area contributed by atoms with Crippen molar-refractivity contribution in [1.29, 1.82) is 0 Å². The predicted molar refractivity (Wildman–Crippen MR) is 59.5 cm³/mol. The van der Waals surface area contributed by atoms with E-state index in [4.69, 9.17) is 4.74 Å². The van der Waals surface area contributed by atoms with Crippen molar-refractivity contribution in [2.75, 3.05) is 7.11 Å². The molecule has 0 amide bonds. The van der Waals surface area contributed by atoms with Crippen LogP contribution in [0, 0.1) is 0 Å². The van der Waals surface area contributed by atoms with E-state index in [2.05, 4.69) is 12.0 Å². The highest BCUT2D eigenvalue weighted by Gasteiger charge is 2.10.